The Kier molecular flexibility index (Phi) is 3.43. The first-order valence-corrected chi connectivity index (χ1v) is 3.92. The monoisotopic (exact) mass is 202 g/mol. The maximum Gasteiger partial charge on any atom is 0.488 e. The molecule has 6 heteroatoms. The minimum Gasteiger partial charge on any atom is -0.435 e. The molecule has 0 amide bonds. The smallest absolute Gasteiger partial charge is 0.435 e. The number of hydrogen-bond donors (Lipinski definition) is 2. The second kappa shape index (κ2) is 4.39. The summed E-state index contributed by atoms with van der Waals surface area (Å²) in [6, 6.07) is 4.08. The molecule has 0 radical (unpaired) electrons. The molecule has 0 aliphatic rings. The lowest BCUT2D eigenvalue weighted by molar-refractivity contribution is -0.0502. The Hall–Kier alpha value is -1.14. The minimum absolute atomic E-state index is 0.0504. The van der Waals surface area contributed by atoms with Crippen LogP contribution in [-0.4, -0.2) is 23.8 Å². The van der Waals surface area contributed by atoms with E-state index in [2.05, 4.69) is 4.74 Å². The van der Waals surface area contributed by atoms with E-state index < -0.39 is 13.7 Å². The van der Waals surface area contributed by atoms with Crippen LogP contribution in [0.15, 0.2) is 18.2 Å². The van der Waals surface area contributed by atoms with Gasteiger partial charge < -0.3 is 14.8 Å². The fraction of sp³-hybridized carbons (Fsp3) is 0.250. The molecule has 0 spiro atoms. The molecule has 76 valence electrons. The third-order valence-electron chi connectivity index (χ3n) is 1.73. The predicted octanol–water partition coefficient (Wildman–Crippen LogP) is 0.276. The molecule has 0 unspecified atom stereocenters. The summed E-state index contributed by atoms with van der Waals surface area (Å²) in [6.07, 6.45) is 0. The van der Waals surface area contributed by atoms with Gasteiger partial charge in [-0.15, -0.1) is 0 Å². The molecule has 1 aromatic rings. The van der Waals surface area contributed by atoms with Crippen LogP contribution in [0, 0.1) is 6.92 Å². The van der Waals surface area contributed by atoms with Gasteiger partial charge in [0.15, 0.2) is 0 Å². The van der Waals surface area contributed by atoms with Crippen LogP contribution in [0.25, 0.3) is 0 Å². The highest BCUT2D eigenvalue weighted by molar-refractivity contribution is 6.58. The predicted molar refractivity (Wildman–Crippen MR) is 47.6 cm³/mol. The van der Waals surface area contributed by atoms with Gasteiger partial charge in [0.2, 0.25) is 0 Å². The van der Waals surface area contributed by atoms with E-state index in [-0.39, 0.29) is 11.2 Å². The van der Waals surface area contributed by atoms with E-state index in [1.807, 2.05) is 0 Å². The molecule has 0 atom stereocenters. The molecule has 0 fully saturated rings. The summed E-state index contributed by atoms with van der Waals surface area (Å²) in [5.41, 5.74) is 0.626. The highest BCUT2D eigenvalue weighted by atomic mass is 19.3. The van der Waals surface area contributed by atoms with Gasteiger partial charge >= 0.3 is 13.7 Å². The second-order valence-corrected chi connectivity index (χ2v) is 2.78. The van der Waals surface area contributed by atoms with Gasteiger partial charge in [-0.05, 0) is 24.0 Å². The van der Waals surface area contributed by atoms with E-state index in [9.17, 15) is 8.78 Å². The first kappa shape index (κ1) is 10.9. The Morgan fingerprint density at radius 2 is 2.00 bits per heavy atom. The molecule has 0 heterocycles. The lowest BCUT2D eigenvalue weighted by atomic mass is 9.80. The number of alkyl halides is 2. The summed E-state index contributed by atoms with van der Waals surface area (Å²) >= 11 is 0. The minimum atomic E-state index is -2.92. The number of halogens is 2. The Labute approximate surface area is 80.1 Å². The average Bonchev–Trinajstić information content (AvgIpc) is 2.07. The van der Waals surface area contributed by atoms with Crippen molar-refractivity contribution in [3.05, 3.63) is 23.8 Å². The normalized spacial score (nSPS) is 10.4. The van der Waals surface area contributed by atoms with E-state index in [4.69, 9.17) is 10.0 Å². The quantitative estimate of drug-likeness (QED) is 0.692. The maximum absolute atomic E-state index is 11.9. The summed E-state index contributed by atoms with van der Waals surface area (Å²) in [5, 5.41) is 17.6. The molecular weight excluding hydrogens is 193 g/mol. The largest absolute Gasteiger partial charge is 0.488 e. The highest BCUT2D eigenvalue weighted by Crippen LogP contribution is 2.17. The van der Waals surface area contributed by atoms with E-state index in [0.717, 1.165) is 0 Å². The fourth-order valence-corrected chi connectivity index (χ4v) is 1.00. The van der Waals surface area contributed by atoms with Crippen molar-refractivity contribution in [2.75, 3.05) is 0 Å². The molecule has 1 aromatic carbocycles. The molecule has 0 bridgehead atoms. The summed E-state index contributed by atoms with van der Waals surface area (Å²) in [7, 11) is -1.68. The Bertz CT molecular complexity index is 317. The van der Waals surface area contributed by atoms with Crippen LogP contribution in [0.2, 0.25) is 0 Å². The SMILES string of the molecule is Cc1ccc(B(O)O)cc1OC(F)F. The third-order valence-corrected chi connectivity index (χ3v) is 1.73. The molecule has 14 heavy (non-hydrogen) atoms. The Morgan fingerprint density at radius 1 is 1.36 bits per heavy atom. The third kappa shape index (κ3) is 2.68. The molecule has 0 aliphatic carbocycles. The van der Waals surface area contributed by atoms with Crippen molar-refractivity contribution >= 4 is 12.6 Å². The van der Waals surface area contributed by atoms with Gasteiger partial charge in [-0.3, -0.25) is 0 Å². The number of benzene rings is 1. The van der Waals surface area contributed by atoms with Crippen molar-refractivity contribution in [2.24, 2.45) is 0 Å². The van der Waals surface area contributed by atoms with Gasteiger partial charge in [0.25, 0.3) is 0 Å². The molecule has 1 rings (SSSR count). The van der Waals surface area contributed by atoms with Crippen LogP contribution in [0.3, 0.4) is 0 Å². The van der Waals surface area contributed by atoms with Crippen LogP contribution in [0.1, 0.15) is 5.56 Å². The van der Waals surface area contributed by atoms with Gasteiger partial charge in [-0.2, -0.15) is 8.78 Å². The van der Waals surface area contributed by atoms with Crippen molar-refractivity contribution in [3.8, 4) is 5.75 Å². The molecule has 3 nitrogen and oxygen atoms in total. The van der Waals surface area contributed by atoms with Crippen molar-refractivity contribution in [1.82, 2.24) is 0 Å². The molecule has 0 saturated carbocycles. The van der Waals surface area contributed by atoms with Crippen molar-refractivity contribution < 1.29 is 23.6 Å². The lowest BCUT2D eigenvalue weighted by Gasteiger charge is -2.09. The molecule has 2 N–H and O–H groups in total. The van der Waals surface area contributed by atoms with Gasteiger partial charge in [-0.25, -0.2) is 0 Å². The number of hydrogen-bond acceptors (Lipinski definition) is 3. The second-order valence-electron chi connectivity index (χ2n) is 2.78. The van der Waals surface area contributed by atoms with Gasteiger partial charge in [0.05, 0.1) is 0 Å². The highest BCUT2D eigenvalue weighted by Gasteiger charge is 2.14. The van der Waals surface area contributed by atoms with Crippen LogP contribution in [0.5, 0.6) is 5.75 Å². The summed E-state index contributed by atoms with van der Waals surface area (Å²) in [6.45, 7) is -1.33. The van der Waals surface area contributed by atoms with Crippen molar-refractivity contribution in [1.29, 1.82) is 0 Å². The zero-order valence-electron chi connectivity index (χ0n) is 7.45. The van der Waals surface area contributed by atoms with E-state index in [0.29, 0.717) is 5.56 Å². The number of rotatable bonds is 3. The zero-order chi connectivity index (χ0) is 10.7. The lowest BCUT2D eigenvalue weighted by Crippen LogP contribution is -2.29. The van der Waals surface area contributed by atoms with Gasteiger partial charge in [-0.1, -0.05) is 12.1 Å². The molecule has 0 saturated heterocycles. The first-order valence-electron chi connectivity index (χ1n) is 3.92. The number of ether oxygens (including phenoxy) is 1. The zero-order valence-corrected chi connectivity index (χ0v) is 7.45. The first-order chi connectivity index (χ1) is 6.50. The van der Waals surface area contributed by atoms with Crippen LogP contribution >= 0.6 is 0 Å². The average molecular weight is 202 g/mol. The maximum atomic E-state index is 11.9. The van der Waals surface area contributed by atoms with E-state index >= 15 is 0 Å². The molecular formula is C8H9BF2O3. The Balaban J connectivity index is 2.96. The summed E-state index contributed by atoms with van der Waals surface area (Å²) in [5.74, 6) is -0.0504. The van der Waals surface area contributed by atoms with Crippen molar-refractivity contribution in [3.63, 3.8) is 0 Å². The van der Waals surface area contributed by atoms with Gasteiger partial charge in [0.1, 0.15) is 5.75 Å². The fourth-order valence-electron chi connectivity index (χ4n) is 1.00. The molecule has 0 aromatic heterocycles. The van der Waals surface area contributed by atoms with E-state index in [1.165, 1.54) is 18.2 Å². The van der Waals surface area contributed by atoms with Crippen LogP contribution in [-0.2, 0) is 0 Å². The van der Waals surface area contributed by atoms with Crippen LogP contribution in [0.4, 0.5) is 8.78 Å². The van der Waals surface area contributed by atoms with E-state index in [1.54, 1.807) is 6.92 Å². The summed E-state index contributed by atoms with van der Waals surface area (Å²) < 4.78 is 28.0. The topological polar surface area (TPSA) is 49.7 Å². The molecule has 0 aliphatic heterocycles. The van der Waals surface area contributed by atoms with Crippen molar-refractivity contribution in [2.45, 2.75) is 13.5 Å². The Morgan fingerprint density at radius 3 is 2.50 bits per heavy atom. The van der Waals surface area contributed by atoms with Gasteiger partial charge in [0, 0.05) is 0 Å². The summed E-state index contributed by atoms with van der Waals surface area (Å²) in [4.78, 5) is 0. The number of aryl methyl sites for hydroxylation is 1. The standard InChI is InChI=1S/C8H9BF2O3/c1-5-2-3-6(9(12)13)4-7(5)14-8(10)11/h2-4,8,12-13H,1H3. The van der Waals surface area contributed by atoms with Crippen LogP contribution < -0.4 is 10.2 Å².